The van der Waals surface area contributed by atoms with Crippen molar-refractivity contribution in [1.82, 2.24) is 34.5 Å². The molecule has 0 aliphatic carbocycles. The molecule has 4 heterocycles. The van der Waals surface area contributed by atoms with Gasteiger partial charge in [-0.3, -0.25) is 9.48 Å². The number of nitrogens with zero attached hydrogens (tertiary/aromatic N) is 6. The van der Waals surface area contributed by atoms with Gasteiger partial charge in [0.15, 0.2) is 16.6 Å². The van der Waals surface area contributed by atoms with Gasteiger partial charge in [0.2, 0.25) is 0 Å². The first-order valence-corrected chi connectivity index (χ1v) is 8.97. The molecule has 0 aromatic carbocycles. The molecule has 0 saturated heterocycles. The molecule has 0 saturated carbocycles. The zero-order valence-corrected chi connectivity index (χ0v) is 14.6. The largest absolute Gasteiger partial charge is 0.313 e. The summed E-state index contributed by atoms with van der Waals surface area (Å²) in [5.41, 5.74) is 0.381. The third-order valence-electron chi connectivity index (χ3n) is 3.62. The number of rotatable bonds is 4. The lowest BCUT2D eigenvalue weighted by Gasteiger charge is -2.03. The van der Waals surface area contributed by atoms with Crippen molar-refractivity contribution in [3.05, 3.63) is 39.9 Å². The van der Waals surface area contributed by atoms with E-state index >= 15 is 0 Å². The summed E-state index contributed by atoms with van der Waals surface area (Å²) in [6.07, 6.45) is 1.52. The van der Waals surface area contributed by atoms with Crippen LogP contribution in [0.3, 0.4) is 0 Å². The molecule has 24 heavy (non-hydrogen) atoms. The minimum atomic E-state index is -0.187. The molecule has 0 atom stereocenters. The van der Waals surface area contributed by atoms with Gasteiger partial charge in [0.25, 0.3) is 5.56 Å². The van der Waals surface area contributed by atoms with Crippen LogP contribution >= 0.6 is 23.1 Å². The molecule has 8 nitrogen and oxygen atoms in total. The summed E-state index contributed by atoms with van der Waals surface area (Å²) in [5.74, 6) is 2.21. The number of H-pyrrole nitrogens is 1. The van der Waals surface area contributed by atoms with Crippen molar-refractivity contribution in [3.63, 3.8) is 0 Å². The highest BCUT2D eigenvalue weighted by atomic mass is 32.2. The molecule has 0 spiro atoms. The number of aromatic nitrogens is 7. The van der Waals surface area contributed by atoms with Crippen molar-refractivity contribution in [2.24, 2.45) is 14.1 Å². The van der Waals surface area contributed by atoms with Crippen LogP contribution in [0.15, 0.2) is 33.7 Å². The van der Waals surface area contributed by atoms with E-state index in [1.165, 1.54) is 18.0 Å². The van der Waals surface area contributed by atoms with Gasteiger partial charge in [-0.2, -0.15) is 5.10 Å². The van der Waals surface area contributed by atoms with Gasteiger partial charge in [-0.1, -0.05) is 17.8 Å². The van der Waals surface area contributed by atoms with Crippen LogP contribution in [0, 0.1) is 0 Å². The number of hydrogen-bond donors (Lipinski definition) is 1. The van der Waals surface area contributed by atoms with E-state index in [9.17, 15) is 4.79 Å². The Morgan fingerprint density at radius 1 is 1.33 bits per heavy atom. The zero-order chi connectivity index (χ0) is 16.7. The fraction of sp³-hybridized carbons (Fsp3) is 0.214. The Kier molecular flexibility index (Phi) is 3.69. The molecule has 4 aromatic heterocycles. The predicted octanol–water partition coefficient (Wildman–Crippen LogP) is 1.81. The maximum atomic E-state index is 12.1. The molecular weight excluding hydrogens is 346 g/mol. The molecule has 0 aliphatic heterocycles. The Hall–Kier alpha value is -2.46. The molecule has 0 radical (unpaired) electrons. The van der Waals surface area contributed by atoms with Crippen molar-refractivity contribution in [1.29, 1.82) is 0 Å². The molecule has 4 aromatic rings. The van der Waals surface area contributed by atoms with Crippen LogP contribution in [-0.4, -0.2) is 34.5 Å². The van der Waals surface area contributed by atoms with Crippen LogP contribution in [0.5, 0.6) is 0 Å². The van der Waals surface area contributed by atoms with Crippen molar-refractivity contribution in [2.75, 3.05) is 0 Å². The summed E-state index contributed by atoms with van der Waals surface area (Å²) in [6, 6.07) is 4.00. The highest BCUT2D eigenvalue weighted by Crippen LogP contribution is 2.25. The highest BCUT2D eigenvalue weighted by molar-refractivity contribution is 7.98. The van der Waals surface area contributed by atoms with Crippen LogP contribution in [-0.2, 0) is 19.8 Å². The number of thioether (sulfide) groups is 1. The normalized spacial score (nSPS) is 11.4. The predicted molar refractivity (Wildman–Crippen MR) is 93.0 cm³/mol. The van der Waals surface area contributed by atoms with E-state index in [1.807, 2.05) is 29.1 Å². The van der Waals surface area contributed by atoms with E-state index in [4.69, 9.17) is 0 Å². The Labute approximate surface area is 144 Å². The second-order valence-corrected chi connectivity index (χ2v) is 7.05. The molecule has 1 N–H and O–H groups in total. The summed E-state index contributed by atoms with van der Waals surface area (Å²) >= 11 is 3.04. The van der Waals surface area contributed by atoms with Crippen molar-refractivity contribution in [3.8, 4) is 10.7 Å². The summed E-state index contributed by atoms with van der Waals surface area (Å²) in [4.78, 5) is 20.4. The standard InChI is InChI=1S/C14H13N7OS2/c1-20-10(18-19-12(20)9-4-3-5-23-9)7-24-14-16-11-8(13(22)17-14)6-15-21(11)2/h3-6H,7H2,1-2H3,(H,16,17,22). The van der Waals surface area contributed by atoms with Crippen LogP contribution in [0.2, 0.25) is 0 Å². The minimum absolute atomic E-state index is 0.187. The van der Waals surface area contributed by atoms with E-state index in [1.54, 1.807) is 23.1 Å². The summed E-state index contributed by atoms with van der Waals surface area (Å²) in [7, 11) is 3.70. The van der Waals surface area contributed by atoms with Crippen LogP contribution in [0.4, 0.5) is 0 Å². The van der Waals surface area contributed by atoms with Gasteiger partial charge in [-0.15, -0.1) is 21.5 Å². The van der Waals surface area contributed by atoms with Crippen molar-refractivity contribution < 1.29 is 0 Å². The van der Waals surface area contributed by atoms with Crippen LogP contribution in [0.1, 0.15) is 5.82 Å². The van der Waals surface area contributed by atoms with Crippen molar-refractivity contribution in [2.45, 2.75) is 10.9 Å². The van der Waals surface area contributed by atoms with Gasteiger partial charge >= 0.3 is 0 Å². The summed E-state index contributed by atoms with van der Waals surface area (Å²) in [5, 5.41) is 15.6. The topological polar surface area (TPSA) is 94.3 Å². The molecule has 122 valence electrons. The fourth-order valence-corrected chi connectivity index (χ4v) is 3.90. The van der Waals surface area contributed by atoms with Gasteiger partial charge in [-0.05, 0) is 11.4 Å². The number of fused-ring (bicyclic) bond motifs is 1. The third kappa shape index (κ3) is 2.53. The maximum absolute atomic E-state index is 12.1. The van der Waals surface area contributed by atoms with Gasteiger partial charge in [0.05, 0.1) is 16.8 Å². The molecule has 0 unspecified atom stereocenters. The maximum Gasteiger partial charge on any atom is 0.262 e. The average molecular weight is 359 g/mol. The summed E-state index contributed by atoms with van der Waals surface area (Å²) < 4.78 is 3.55. The number of aryl methyl sites for hydroxylation is 1. The average Bonchev–Trinajstić information content (AvgIpc) is 3.27. The Balaban J connectivity index is 1.59. The molecular formula is C14H13N7OS2. The smallest absolute Gasteiger partial charge is 0.262 e. The number of nitrogens with one attached hydrogen (secondary N) is 1. The first-order valence-electron chi connectivity index (χ1n) is 7.10. The summed E-state index contributed by atoms with van der Waals surface area (Å²) in [6.45, 7) is 0. The van der Waals surface area contributed by atoms with Gasteiger partial charge < -0.3 is 9.55 Å². The van der Waals surface area contributed by atoms with Crippen LogP contribution in [0.25, 0.3) is 21.7 Å². The van der Waals surface area contributed by atoms with E-state index < -0.39 is 0 Å². The Bertz CT molecular complexity index is 1060. The lowest BCUT2D eigenvalue weighted by atomic mass is 10.4. The first-order chi connectivity index (χ1) is 11.6. The lowest BCUT2D eigenvalue weighted by molar-refractivity contribution is 0.776. The second-order valence-electron chi connectivity index (χ2n) is 5.14. The molecule has 4 rings (SSSR count). The van der Waals surface area contributed by atoms with Gasteiger partial charge in [0.1, 0.15) is 11.2 Å². The number of thiophene rings is 1. The number of aromatic amines is 1. The van der Waals surface area contributed by atoms with Gasteiger partial charge in [-0.25, -0.2) is 4.98 Å². The lowest BCUT2D eigenvalue weighted by Crippen LogP contribution is -2.09. The Morgan fingerprint density at radius 3 is 3.00 bits per heavy atom. The van der Waals surface area contributed by atoms with E-state index in [0.717, 1.165) is 16.5 Å². The van der Waals surface area contributed by atoms with Gasteiger partial charge in [0, 0.05) is 14.1 Å². The molecule has 0 fully saturated rings. The van der Waals surface area contributed by atoms with E-state index in [-0.39, 0.29) is 5.56 Å². The minimum Gasteiger partial charge on any atom is -0.313 e. The van der Waals surface area contributed by atoms with E-state index in [0.29, 0.717) is 21.9 Å². The second kappa shape index (κ2) is 5.87. The number of hydrogen-bond acceptors (Lipinski definition) is 7. The Morgan fingerprint density at radius 2 is 2.21 bits per heavy atom. The van der Waals surface area contributed by atoms with Crippen LogP contribution < -0.4 is 5.56 Å². The molecule has 0 aliphatic rings. The molecule has 0 bridgehead atoms. The fourth-order valence-electron chi connectivity index (χ4n) is 2.32. The SMILES string of the molecule is Cn1c(CSc2nc3c(cnn3C)c(=O)[nH]2)nnc1-c1cccs1. The zero-order valence-electron chi connectivity index (χ0n) is 12.9. The molecule has 10 heteroatoms. The molecule has 0 amide bonds. The quantitative estimate of drug-likeness (QED) is 0.441. The van der Waals surface area contributed by atoms with Crippen molar-refractivity contribution >= 4 is 34.1 Å². The highest BCUT2D eigenvalue weighted by Gasteiger charge is 2.13. The van der Waals surface area contributed by atoms with E-state index in [2.05, 4.69) is 25.3 Å². The monoisotopic (exact) mass is 359 g/mol. The third-order valence-corrected chi connectivity index (χ3v) is 5.36. The first kappa shape index (κ1) is 15.1.